The number of nitrogens with two attached hydrogens (primary N) is 1. The molecule has 0 unspecified atom stereocenters. The molecule has 0 saturated carbocycles. The molecule has 2 N–H and O–H groups in total. The van der Waals surface area contributed by atoms with Gasteiger partial charge in [0, 0.05) is 28.8 Å². The van der Waals surface area contributed by atoms with Gasteiger partial charge in [0.2, 0.25) is 0 Å². The fourth-order valence-electron chi connectivity index (χ4n) is 4.86. The van der Waals surface area contributed by atoms with E-state index in [2.05, 4.69) is 36.2 Å². The predicted octanol–water partition coefficient (Wildman–Crippen LogP) is 2.63. The van der Waals surface area contributed by atoms with Crippen LogP contribution in [0.25, 0.3) is 0 Å². The lowest BCUT2D eigenvalue weighted by molar-refractivity contribution is 0.162. The van der Waals surface area contributed by atoms with Crippen molar-refractivity contribution in [1.29, 1.82) is 15.8 Å². The van der Waals surface area contributed by atoms with Crippen LogP contribution in [-0.4, -0.2) is 24.0 Å². The lowest BCUT2D eigenvalue weighted by Gasteiger charge is -2.47. The van der Waals surface area contributed by atoms with Gasteiger partial charge in [-0.3, -0.25) is 4.90 Å². The maximum atomic E-state index is 10.00. The van der Waals surface area contributed by atoms with Gasteiger partial charge in [-0.2, -0.15) is 15.8 Å². The molecule has 1 aliphatic carbocycles. The highest BCUT2D eigenvalue weighted by Crippen LogP contribution is 2.58. The molecule has 0 aromatic carbocycles. The molecule has 1 fully saturated rings. The Morgan fingerprint density at radius 3 is 2.64 bits per heavy atom. The van der Waals surface area contributed by atoms with E-state index in [1.165, 1.54) is 0 Å². The molecule has 3 heterocycles. The summed E-state index contributed by atoms with van der Waals surface area (Å²) in [5.41, 5.74) is 6.19. The first kappa shape index (κ1) is 15.9. The monoisotopic (exact) mass is 347 g/mol. The molecule has 0 amide bonds. The van der Waals surface area contributed by atoms with Crippen LogP contribution in [0.15, 0.2) is 40.4 Å². The van der Waals surface area contributed by atoms with Crippen LogP contribution in [0.3, 0.4) is 0 Å². The molecule has 6 heteroatoms. The number of hydrogen-bond donors (Lipinski definition) is 1. The zero-order valence-corrected chi connectivity index (χ0v) is 14.6. The molecule has 1 aromatic heterocycles. The summed E-state index contributed by atoms with van der Waals surface area (Å²) >= 11 is 1.55. The van der Waals surface area contributed by atoms with Gasteiger partial charge in [0.15, 0.2) is 5.41 Å². The Labute approximate surface area is 150 Å². The first-order chi connectivity index (χ1) is 12.1. The van der Waals surface area contributed by atoms with Crippen LogP contribution in [0.4, 0.5) is 0 Å². The van der Waals surface area contributed by atoms with Crippen molar-refractivity contribution in [1.82, 2.24) is 4.90 Å². The van der Waals surface area contributed by atoms with Gasteiger partial charge in [-0.05, 0) is 36.9 Å². The van der Waals surface area contributed by atoms with Crippen LogP contribution in [-0.2, 0) is 0 Å². The third-order valence-electron chi connectivity index (χ3n) is 6.07. The van der Waals surface area contributed by atoms with E-state index in [0.29, 0.717) is 11.6 Å². The van der Waals surface area contributed by atoms with Crippen LogP contribution in [0, 0.1) is 45.3 Å². The van der Waals surface area contributed by atoms with Gasteiger partial charge in [0.05, 0.1) is 23.4 Å². The molecule has 1 aromatic rings. The van der Waals surface area contributed by atoms with Crippen molar-refractivity contribution >= 4 is 11.3 Å². The lowest BCUT2D eigenvalue weighted by Crippen LogP contribution is -2.51. The number of nitriles is 3. The van der Waals surface area contributed by atoms with Gasteiger partial charge in [0.1, 0.15) is 6.07 Å². The van der Waals surface area contributed by atoms with Gasteiger partial charge < -0.3 is 5.73 Å². The van der Waals surface area contributed by atoms with Crippen LogP contribution in [0.2, 0.25) is 0 Å². The minimum absolute atomic E-state index is 0.0661. The Hall–Kier alpha value is -2.59. The second-order valence-electron chi connectivity index (χ2n) is 6.95. The summed E-state index contributed by atoms with van der Waals surface area (Å²) in [5, 5.41) is 31.7. The number of thiophene rings is 1. The highest BCUT2D eigenvalue weighted by Gasteiger charge is 2.58. The molecular formula is C19H17N5S. The van der Waals surface area contributed by atoms with Crippen molar-refractivity contribution in [3.05, 3.63) is 45.3 Å². The summed E-state index contributed by atoms with van der Waals surface area (Å²) in [7, 11) is 2.09. The maximum absolute atomic E-state index is 10.00. The minimum Gasteiger partial charge on any atom is -0.399 e. The molecule has 5 nitrogen and oxygen atoms in total. The smallest absolute Gasteiger partial charge is 0.192 e. The van der Waals surface area contributed by atoms with Crippen molar-refractivity contribution in [2.75, 3.05) is 7.05 Å². The average Bonchev–Trinajstić information content (AvgIpc) is 3.21. The lowest BCUT2D eigenvalue weighted by atomic mass is 9.58. The number of hydrogen-bond acceptors (Lipinski definition) is 6. The molecule has 3 aliphatic rings. The highest BCUT2D eigenvalue weighted by molar-refractivity contribution is 7.10. The Balaban J connectivity index is 2.05. The molecule has 0 radical (unpaired) electrons. The molecular weight excluding hydrogens is 330 g/mol. The summed E-state index contributed by atoms with van der Waals surface area (Å²) in [6.45, 7) is 0. The van der Waals surface area contributed by atoms with E-state index in [1.807, 2.05) is 17.5 Å². The molecule has 25 heavy (non-hydrogen) atoms. The number of fused-ring (bicyclic) bond motifs is 4. The molecule has 1 saturated heterocycles. The molecule has 2 bridgehead atoms. The SMILES string of the molecule is CN1[C@@H]2CC[C@@H]1C=C1C(C#N)=C(N)C(C#N)(C#N)[C@@H](c3cccs3)[C@H]12. The number of likely N-dealkylation sites (N-methyl/N-ethyl adjacent to an activating group) is 1. The molecule has 4 rings (SSSR count). The van der Waals surface area contributed by atoms with Gasteiger partial charge in [-0.15, -0.1) is 11.3 Å². The Bertz CT molecular complexity index is 891. The van der Waals surface area contributed by atoms with E-state index in [4.69, 9.17) is 5.73 Å². The van der Waals surface area contributed by atoms with E-state index in [-0.39, 0.29) is 23.6 Å². The normalized spacial score (nSPS) is 33.0. The molecule has 4 atom stereocenters. The number of nitrogens with zero attached hydrogens (tertiary/aromatic N) is 4. The van der Waals surface area contributed by atoms with Gasteiger partial charge in [-0.25, -0.2) is 0 Å². The van der Waals surface area contributed by atoms with Crippen molar-refractivity contribution in [3.63, 3.8) is 0 Å². The van der Waals surface area contributed by atoms with Gasteiger partial charge >= 0.3 is 0 Å². The Morgan fingerprint density at radius 1 is 1.28 bits per heavy atom. The molecule has 0 spiro atoms. The first-order valence-corrected chi connectivity index (χ1v) is 9.17. The summed E-state index contributed by atoms with van der Waals surface area (Å²) in [6.07, 6.45) is 4.17. The van der Waals surface area contributed by atoms with Crippen molar-refractivity contribution in [2.24, 2.45) is 17.1 Å². The fourth-order valence-corrected chi connectivity index (χ4v) is 5.80. The summed E-state index contributed by atoms with van der Waals surface area (Å²) in [6, 6.07) is 11.0. The van der Waals surface area contributed by atoms with E-state index >= 15 is 0 Å². The van der Waals surface area contributed by atoms with Crippen molar-refractivity contribution < 1.29 is 0 Å². The van der Waals surface area contributed by atoms with Crippen molar-refractivity contribution in [2.45, 2.75) is 30.8 Å². The van der Waals surface area contributed by atoms with Crippen LogP contribution < -0.4 is 5.73 Å². The van der Waals surface area contributed by atoms with Gasteiger partial charge in [-0.1, -0.05) is 12.1 Å². The molecule has 124 valence electrons. The summed E-state index contributed by atoms with van der Waals surface area (Å²) in [4.78, 5) is 3.31. The third-order valence-corrected chi connectivity index (χ3v) is 7.03. The predicted molar refractivity (Wildman–Crippen MR) is 93.7 cm³/mol. The van der Waals surface area contributed by atoms with Crippen molar-refractivity contribution in [3.8, 4) is 18.2 Å². The van der Waals surface area contributed by atoms with Crippen LogP contribution in [0.5, 0.6) is 0 Å². The standard InChI is InChI=1S/C19H17N5S/c1-24-11-4-5-14(24)16-12(7-11)13(8-20)18(23)19(9-21,10-22)17(16)15-3-2-6-25-15/h2-3,6-7,11,14,16-17H,4-5,23H2,1H3/t11-,14-,16-,17+/m1/s1. The molecule has 2 aliphatic heterocycles. The average molecular weight is 347 g/mol. The Morgan fingerprint density at radius 2 is 2.04 bits per heavy atom. The zero-order valence-electron chi connectivity index (χ0n) is 13.8. The number of rotatable bonds is 1. The van der Waals surface area contributed by atoms with E-state index in [1.54, 1.807) is 11.3 Å². The zero-order chi connectivity index (χ0) is 17.8. The summed E-state index contributed by atoms with van der Waals surface area (Å²) in [5.74, 6) is -0.416. The highest BCUT2D eigenvalue weighted by atomic mass is 32.1. The van der Waals surface area contributed by atoms with E-state index < -0.39 is 5.41 Å². The van der Waals surface area contributed by atoms with Crippen LogP contribution >= 0.6 is 11.3 Å². The third kappa shape index (κ3) is 1.89. The fraction of sp³-hybridized carbons (Fsp3) is 0.421. The summed E-state index contributed by atoms with van der Waals surface area (Å²) < 4.78 is 0. The Kier molecular flexibility index (Phi) is 3.48. The number of allylic oxidation sites excluding steroid dienone is 2. The van der Waals surface area contributed by atoms with E-state index in [9.17, 15) is 15.8 Å². The quantitative estimate of drug-likeness (QED) is 0.841. The largest absolute Gasteiger partial charge is 0.399 e. The van der Waals surface area contributed by atoms with Gasteiger partial charge in [0.25, 0.3) is 0 Å². The second kappa shape index (κ2) is 5.46. The maximum Gasteiger partial charge on any atom is 0.192 e. The topological polar surface area (TPSA) is 101 Å². The van der Waals surface area contributed by atoms with Crippen LogP contribution in [0.1, 0.15) is 23.6 Å². The van der Waals surface area contributed by atoms with E-state index in [0.717, 1.165) is 23.3 Å². The second-order valence-corrected chi connectivity index (χ2v) is 7.93. The minimum atomic E-state index is -1.51. The first-order valence-electron chi connectivity index (χ1n) is 8.29.